The summed E-state index contributed by atoms with van der Waals surface area (Å²) in [5.41, 5.74) is 2.07. The molecule has 1 aliphatic heterocycles. The molecule has 0 spiro atoms. The van der Waals surface area contributed by atoms with Crippen LogP contribution >= 0.6 is 11.3 Å². The summed E-state index contributed by atoms with van der Waals surface area (Å²) in [6.07, 6.45) is 1.86. The van der Waals surface area contributed by atoms with Crippen LogP contribution in [0.3, 0.4) is 0 Å². The van der Waals surface area contributed by atoms with Gasteiger partial charge in [-0.25, -0.2) is 9.79 Å². The summed E-state index contributed by atoms with van der Waals surface area (Å²) in [6.45, 7) is 6.15. The third kappa shape index (κ3) is 4.41. The van der Waals surface area contributed by atoms with E-state index < -0.39 is 12.0 Å². The zero-order valence-electron chi connectivity index (χ0n) is 21.7. The molecule has 38 heavy (non-hydrogen) atoms. The van der Waals surface area contributed by atoms with Gasteiger partial charge in [0.2, 0.25) is 0 Å². The van der Waals surface area contributed by atoms with E-state index in [1.54, 1.807) is 25.5 Å². The number of para-hydroxylation sites is 1. The van der Waals surface area contributed by atoms with Crippen LogP contribution in [0.2, 0.25) is 0 Å². The van der Waals surface area contributed by atoms with Gasteiger partial charge < -0.3 is 14.2 Å². The lowest BCUT2D eigenvalue weighted by Crippen LogP contribution is -2.40. The van der Waals surface area contributed by atoms with Crippen molar-refractivity contribution in [2.75, 3.05) is 20.3 Å². The van der Waals surface area contributed by atoms with Crippen LogP contribution in [-0.4, -0.2) is 30.9 Å². The maximum absolute atomic E-state index is 14.1. The summed E-state index contributed by atoms with van der Waals surface area (Å²) in [5.74, 6) is 0.754. The summed E-state index contributed by atoms with van der Waals surface area (Å²) < 4.78 is 19.0. The second kappa shape index (κ2) is 10.7. The van der Waals surface area contributed by atoms with E-state index in [9.17, 15) is 9.59 Å². The van der Waals surface area contributed by atoms with E-state index in [1.165, 1.54) is 11.3 Å². The van der Waals surface area contributed by atoms with Crippen LogP contribution in [0.5, 0.6) is 11.5 Å². The molecule has 0 saturated heterocycles. The average molecular weight is 529 g/mol. The first kappa shape index (κ1) is 25.5. The van der Waals surface area contributed by atoms with Gasteiger partial charge in [0.25, 0.3) is 5.56 Å². The van der Waals surface area contributed by atoms with Gasteiger partial charge in [0, 0.05) is 11.1 Å². The van der Waals surface area contributed by atoms with E-state index in [-0.39, 0.29) is 12.2 Å². The minimum Gasteiger partial charge on any atom is -0.496 e. The first-order valence-electron chi connectivity index (χ1n) is 12.5. The zero-order chi connectivity index (χ0) is 26.8. The lowest BCUT2D eigenvalue weighted by atomic mass is 9.95. The van der Waals surface area contributed by atoms with Gasteiger partial charge in [0.15, 0.2) is 4.80 Å². The molecule has 1 aromatic heterocycles. The topological polar surface area (TPSA) is 79.1 Å². The number of nitrogens with zero attached hydrogens (tertiary/aromatic N) is 2. The van der Waals surface area contributed by atoms with E-state index in [2.05, 4.69) is 4.99 Å². The second-order valence-electron chi connectivity index (χ2n) is 8.68. The molecule has 0 fully saturated rings. The molecule has 4 aromatic rings. The smallest absolute Gasteiger partial charge is 0.338 e. The Hall–Kier alpha value is -4.17. The Bertz CT molecular complexity index is 1750. The molecule has 194 valence electrons. The Morgan fingerprint density at radius 1 is 1.03 bits per heavy atom. The molecule has 0 aliphatic carbocycles. The number of fused-ring (bicyclic) bond motifs is 2. The van der Waals surface area contributed by atoms with Crippen LogP contribution in [-0.2, 0) is 9.53 Å². The number of esters is 1. The molecular formula is C30H28N2O5S. The maximum atomic E-state index is 14.1. The minimum absolute atomic E-state index is 0.208. The Balaban J connectivity index is 1.80. The normalized spacial score (nSPS) is 15.3. The number of hydrogen-bond donors (Lipinski definition) is 0. The molecular weight excluding hydrogens is 500 g/mol. The predicted molar refractivity (Wildman–Crippen MR) is 149 cm³/mol. The summed E-state index contributed by atoms with van der Waals surface area (Å²) in [5, 5.41) is 2.02. The van der Waals surface area contributed by atoms with Crippen molar-refractivity contribution in [2.45, 2.75) is 26.8 Å². The molecule has 8 heteroatoms. The highest BCUT2D eigenvalue weighted by molar-refractivity contribution is 7.07. The van der Waals surface area contributed by atoms with Crippen LogP contribution in [0.25, 0.3) is 16.8 Å². The van der Waals surface area contributed by atoms with Gasteiger partial charge in [-0.2, -0.15) is 0 Å². The van der Waals surface area contributed by atoms with Gasteiger partial charge in [-0.15, -0.1) is 0 Å². The van der Waals surface area contributed by atoms with Crippen molar-refractivity contribution in [1.82, 2.24) is 4.57 Å². The number of methoxy groups -OCH3 is 1. The van der Waals surface area contributed by atoms with Crippen LogP contribution in [0.4, 0.5) is 0 Å². The molecule has 7 nitrogen and oxygen atoms in total. The van der Waals surface area contributed by atoms with Gasteiger partial charge in [-0.05, 0) is 49.8 Å². The standard InChI is InChI=1S/C30H28N2O5S/c1-5-36-24-16-15-19-11-7-8-12-20(19)22(24)17-25-28(33)32-27(21-13-9-10-14-23(21)35-4)26(29(34)37-6-2)18(3)31-30(32)38-25/h7-17,27H,5-6H2,1-4H3/b25-17-. The number of ether oxygens (including phenoxy) is 3. The molecule has 3 aromatic carbocycles. The first-order chi connectivity index (χ1) is 18.5. The highest BCUT2D eigenvalue weighted by atomic mass is 32.1. The molecule has 1 aliphatic rings. The van der Waals surface area contributed by atoms with Crippen LogP contribution in [0.15, 0.2) is 81.7 Å². The van der Waals surface area contributed by atoms with Crippen molar-refractivity contribution in [2.24, 2.45) is 4.99 Å². The van der Waals surface area contributed by atoms with Gasteiger partial charge >= 0.3 is 5.97 Å². The molecule has 0 amide bonds. The Morgan fingerprint density at radius 2 is 1.79 bits per heavy atom. The highest BCUT2D eigenvalue weighted by Gasteiger charge is 2.35. The molecule has 2 heterocycles. The number of carbonyl (C=O) groups excluding carboxylic acids is 1. The Morgan fingerprint density at radius 3 is 2.55 bits per heavy atom. The van der Waals surface area contributed by atoms with Crippen molar-refractivity contribution in [3.05, 3.63) is 103 Å². The van der Waals surface area contributed by atoms with E-state index in [4.69, 9.17) is 14.2 Å². The van der Waals surface area contributed by atoms with Crippen molar-refractivity contribution >= 4 is 34.2 Å². The van der Waals surface area contributed by atoms with Crippen LogP contribution in [0.1, 0.15) is 37.9 Å². The number of thiazole rings is 1. The van der Waals surface area contributed by atoms with Gasteiger partial charge in [-0.1, -0.05) is 59.9 Å². The van der Waals surface area contributed by atoms with E-state index in [1.807, 2.05) is 73.7 Å². The van der Waals surface area contributed by atoms with Crippen molar-refractivity contribution < 1.29 is 19.0 Å². The number of hydrogen-bond acceptors (Lipinski definition) is 7. The number of aromatic nitrogens is 1. The number of carbonyl (C=O) groups is 1. The first-order valence-corrected chi connectivity index (χ1v) is 13.3. The largest absolute Gasteiger partial charge is 0.496 e. The number of rotatable bonds is 7. The number of benzene rings is 3. The molecule has 5 rings (SSSR count). The second-order valence-corrected chi connectivity index (χ2v) is 9.68. The summed E-state index contributed by atoms with van der Waals surface area (Å²) in [7, 11) is 1.57. The zero-order valence-corrected chi connectivity index (χ0v) is 22.5. The fourth-order valence-electron chi connectivity index (χ4n) is 4.82. The fourth-order valence-corrected chi connectivity index (χ4v) is 5.84. The van der Waals surface area contributed by atoms with E-state index in [0.717, 1.165) is 16.3 Å². The quantitative estimate of drug-likeness (QED) is 0.333. The maximum Gasteiger partial charge on any atom is 0.338 e. The van der Waals surface area contributed by atoms with Gasteiger partial charge in [0.1, 0.15) is 17.5 Å². The van der Waals surface area contributed by atoms with Crippen molar-refractivity contribution in [1.29, 1.82) is 0 Å². The molecule has 0 N–H and O–H groups in total. The lowest BCUT2D eigenvalue weighted by molar-refractivity contribution is -0.139. The Kier molecular flexibility index (Phi) is 7.15. The van der Waals surface area contributed by atoms with E-state index in [0.29, 0.717) is 44.3 Å². The van der Waals surface area contributed by atoms with E-state index >= 15 is 0 Å². The van der Waals surface area contributed by atoms with Crippen molar-refractivity contribution in [3.63, 3.8) is 0 Å². The predicted octanol–water partition coefficient (Wildman–Crippen LogP) is 4.36. The molecule has 1 atom stereocenters. The Labute approximate surface area is 223 Å². The monoisotopic (exact) mass is 528 g/mol. The minimum atomic E-state index is -0.748. The average Bonchev–Trinajstić information content (AvgIpc) is 3.23. The summed E-state index contributed by atoms with van der Waals surface area (Å²) in [6, 6.07) is 18.6. The molecule has 1 unspecified atom stereocenters. The van der Waals surface area contributed by atoms with Gasteiger partial charge in [0.05, 0.1) is 36.1 Å². The number of allylic oxidation sites excluding steroid dienone is 1. The van der Waals surface area contributed by atoms with Crippen molar-refractivity contribution in [3.8, 4) is 11.5 Å². The van der Waals surface area contributed by atoms with Crippen LogP contribution in [0, 0.1) is 0 Å². The molecule has 0 radical (unpaired) electrons. The highest BCUT2D eigenvalue weighted by Crippen LogP contribution is 2.36. The lowest BCUT2D eigenvalue weighted by Gasteiger charge is -2.25. The summed E-state index contributed by atoms with van der Waals surface area (Å²) >= 11 is 1.28. The van der Waals surface area contributed by atoms with Crippen LogP contribution < -0.4 is 24.4 Å². The molecule has 0 saturated carbocycles. The SMILES string of the molecule is CCOC(=O)C1=C(C)N=c2s/c(=C\c3c(OCC)ccc4ccccc34)c(=O)n2C1c1ccccc1OC. The fraction of sp³-hybridized carbons (Fsp3) is 0.233. The third-order valence-electron chi connectivity index (χ3n) is 6.46. The molecule has 0 bridgehead atoms. The third-order valence-corrected chi connectivity index (χ3v) is 7.44. The summed E-state index contributed by atoms with van der Waals surface area (Å²) in [4.78, 5) is 32.4. The van der Waals surface area contributed by atoms with Gasteiger partial charge in [-0.3, -0.25) is 9.36 Å².